The summed E-state index contributed by atoms with van der Waals surface area (Å²) in [5.74, 6) is -0.526. The van der Waals surface area contributed by atoms with Crippen LogP contribution in [-0.2, 0) is 0 Å². The number of aromatic amines is 1. The van der Waals surface area contributed by atoms with Crippen LogP contribution in [-0.4, -0.2) is 47.4 Å². The lowest BCUT2D eigenvalue weighted by Gasteiger charge is -2.16. The van der Waals surface area contributed by atoms with Gasteiger partial charge in [0.15, 0.2) is 5.78 Å². The molecular weight excluding hydrogens is 318 g/mol. The zero-order chi connectivity index (χ0) is 18.4. The first-order valence-corrected chi connectivity index (χ1v) is 7.97. The molecule has 1 aromatic carbocycles. The second-order valence-electron chi connectivity index (χ2n) is 6.03. The topological polar surface area (TPSA) is 85.4 Å². The number of nitrogens with one attached hydrogen (secondary N) is 2. The number of aliphatic hydroxyl groups excluding tert-OH is 1. The average molecular weight is 341 g/mol. The molecule has 1 heterocycles. The number of aromatic nitrogens is 1. The van der Waals surface area contributed by atoms with E-state index in [4.69, 9.17) is 0 Å². The number of nitrogens with zero attached hydrogens (tertiary/aromatic N) is 1. The summed E-state index contributed by atoms with van der Waals surface area (Å²) in [5, 5.41) is 12.3. The van der Waals surface area contributed by atoms with Gasteiger partial charge in [0, 0.05) is 37.6 Å². The van der Waals surface area contributed by atoms with E-state index in [1.165, 1.54) is 12.3 Å². The van der Waals surface area contributed by atoms with Gasteiger partial charge in [-0.2, -0.15) is 0 Å². The lowest BCUT2D eigenvalue weighted by Crippen LogP contribution is -2.31. The predicted octanol–water partition coefficient (Wildman–Crippen LogP) is 2.13. The number of aliphatic hydroxyl groups is 1. The quantitative estimate of drug-likeness (QED) is 0.532. The summed E-state index contributed by atoms with van der Waals surface area (Å²) in [5.41, 5.74) is 2.08. The van der Waals surface area contributed by atoms with E-state index in [-0.39, 0.29) is 24.0 Å². The number of carbonyl (C=O) groups is 2. The van der Waals surface area contributed by atoms with Crippen LogP contribution in [0.5, 0.6) is 0 Å². The number of Topliss-reactive ketones (excluding diaryl/α,β-unsaturated/α-hetero) is 1. The molecule has 2 rings (SSSR count). The number of hydrogen-bond donors (Lipinski definition) is 3. The lowest BCUT2D eigenvalue weighted by atomic mass is 10.1. The fourth-order valence-corrected chi connectivity index (χ4v) is 2.49. The number of allylic oxidation sites excluding steroid dienone is 1. The highest BCUT2D eigenvalue weighted by atomic mass is 16.3. The van der Waals surface area contributed by atoms with Gasteiger partial charge in [0.25, 0.3) is 5.91 Å². The number of amides is 1. The van der Waals surface area contributed by atoms with Gasteiger partial charge in [-0.1, -0.05) is 30.3 Å². The van der Waals surface area contributed by atoms with Crippen LogP contribution in [0.1, 0.15) is 39.4 Å². The normalized spacial score (nSPS) is 12.6. The first kappa shape index (κ1) is 18.5. The Balaban J connectivity index is 2.11. The zero-order valence-corrected chi connectivity index (χ0v) is 14.6. The molecule has 3 N–H and O–H groups in total. The van der Waals surface area contributed by atoms with Crippen LogP contribution in [0.25, 0.3) is 0 Å². The van der Waals surface area contributed by atoms with Crippen molar-refractivity contribution in [2.75, 3.05) is 20.7 Å². The van der Waals surface area contributed by atoms with E-state index in [9.17, 15) is 14.7 Å². The van der Waals surface area contributed by atoms with Crippen LogP contribution in [0.2, 0.25) is 0 Å². The summed E-state index contributed by atoms with van der Waals surface area (Å²) in [7, 11) is 3.68. The Morgan fingerprint density at radius 1 is 1.28 bits per heavy atom. The first-order chi connectivity index (χ1) is 11.9. The van der Waals surface area contributed by atoms with E-state index in [1.807, 2.05) is 44.4 Å². The van der Waals surface area contributed by atoms with E-state index in [0.717, 1.165) is 5.56 Å². The number of carbonyl (C=O) groups excluding carboxylic acids is 2. The molecule has 0 radical (unpaired) electrons. The standard InChI is InChI=1S/C19H23N3O3/c1-13(11-22(2)3)18(24)15-9-16(20-10-15)19(25)21-17(12-23)14-7-5-4-6-8-14/h4-11,17,20,23H,12H2,1-3H3,(H,21,25)/b13-11+/t17-/m1/s1. The highest BCUT2D eigenvalue weighted by Gasteiger charge is 2.18. The third kappa shape index (κ3) is 4.81. The zero-order valence-electron chi connectivity index (χ0n) is 14.6. The number of ketones is 1. The monoisotopic (exact) mass is 341 g/mol. The molecule has 0 saturated heterocycles. The van der Waals surface area contributed by atoms with Gasteiger partial charge in [0.1, 0.15) is 5.69 Å². The molecule has 2 aromatic rings. The Kier molecular flexibility index (Phi) is 6.14. The molecule has 0 fully saturated rings. The summed E-state index contributed by atoms with van der Waals surface area (Å²) in [6.07, 6.45) is 3.24. The van der Waals surface area contributed by atoms with Crippen LogP contribution < -0.4 is 5.32 Å². The van der Waals surface area contributed by atoms with E-state index in [0.29, 0.717) is 11.1 Å². The first-order valence-electron chi connectivity index (χ1n) is 7.97. The van der Waals surface area contributed by atoms with Gasteiger partial charge >= 0.3 is 0 Å². The van der Waals surface area contributed by atoms with Crippen molar-refractivity contribution in [1.82, 2.24) is 15.2 Å². The van der Waals surface area contributed by atoms with Crippen LogP contribution in [0.3, 0.4) is 0 Å². The summed E-state index contributed by atoms with van der Waals surface area (Å²) < 4.78 is 0. The maximum atomic E-state index is 12.4. The minimum absolute atomic E-state index is 0.147. The van der Waals surface area contributed by atoms with Crippen LogP contribution in [0, 0.1) is 0 Å². The minimum atomic E-state index is -0.508. The number of benzene rings is 1. The molecule has 0 aliphatic rings. The van der Waals surface area contributed by atoms with E-state index < -0.39 is 6.04 Å². The fraction of sp³-hybridized carbons (Fsp3) is 0.263. The largest absolute Gasteiger partial charge is 0.394 e. The van der Waals surface area contributed by atoms with Crippen molar-refractivity contribution >= 4 is 11.7 Å². The molecule has 25 heavy (non-hydrogen) atoms. The van der Waals surface area contributed by atoms with Crippen molar-refractivity contribution in [3.05, 3.63) is 71.2 Å². The molecule has 1 aromatic heterocycles. The average Bonchev–Trinajstić information content (AvgIpc) is 3.09. The summed E-state index contributed by atoms with van der Waals surface area (Å²) in [6, 6.07) is 10.2. The van der Waals surface area contributed by atoms with Crippen LogP contribution in [0.15, 0.2) is 54.4 Å². The molecule has 132 valence electrons. The van der Waals surface area contributed by atoms with Crippen molar-refractivity contribution in [2.24, 2.45) is 0 Å². The molecule has 0 unspecified atom stereocenters. The molecular formula is C19H23N3O3. The molecule has 0 aliphatic heterocycles. The van der Waals surface area contributed by atoms with E-state index in [2.05, 4.69) is 10.3 Å². The molecule has 6 nitrogen and oxygen atoms in total. The summed E-state index contributed by atoms with van der Waals surface area (Å²) >= 11 is 0. The molecule has 1 amide bonds. The third-order valence-corrected chi connectivity index (χ3v) is 3.69. The molecule has 0 aliphatic carbocycles. The van der Waals surface area contributed by atoms with Crippen molar-refractivity contribution in [3.8, 4) is 0 Å². The summed E-state index contributed by atoms with van der Waals surface area (Å²) in [4.78, 5) is 29.3. The van der Waals surface area contributed by atoms with Crippen molar-refractivity contribution in [2.45, 2.75) is 13.0 Å². The van der Waals surface area contributed by atoms with Crippen molar-refractivity contribution in [3.63, 3.8) is 0 Å². The van der Waals surface area contributed by atoms with Crippen LogP contribution in [0.4, 0.5) is 0 Å². The Hall–Kier alpha value is -2.86. The minimum Gasteiger partial charge on any atom is -0.394 e. The molecule has 6 heteroatoms. The molecule has 0 spiro atoms. The Bertz CT molecular complexity index is 763. The molecule has 0 bridgehead atoms. The van der Waals surface area contributed by atoms with E-state index in [1.54, 1.807) is 18.0 Å². The predicted molar refractivity (Wildman–Crippen MR) is 96.3 cm³/mol. The number of hydrogen-bond acceptors (Lipinski definition) is 4. The van der Waals surface area contributed by atoms with Gasteiger partial charge in [-0.15, -0.1) is 0 Å². The second kappa shape index (κ2) is 8.30. The SMILES string of the molecule is C/C(=C\N(C)C)C(=O)c1c[nH]c(C(=O)N[C@H](CO)c2ccccc2)c1. The molecule has 1 atom stereocenters. The molecule has 0 saturated carbocycles. The fourth-order valence-electron chi connectivity index (χ4n) is 2.49. The van der Waals surface area contributed by atoms with Gasteiger partial charge in [-0.25, -0.2) is 0 Å². The third-order valence-electron chi connectivity index (χ3n) is 3.69. The van der Waals surface area contributed by atoms with Crippen molar-refractivity contribution in [1.29, 1.82) is 0 Å². The maximum Gasteiger partial charge on any atom is 0.268 e. The highest BCUT2D eigenvalue weighted by Crippen LogP contribution is 2.14. The Morgan fingerprint density at radius 3 is 2.56 bits per heavy atom. The van der Waals surface area contributed by atoms with Gasteiger partial charge in [0.2, 0.25) is 0 Å². The van der Waals surface area contributed by atoms with E-state index >= 15 is 0 Å². The Labute approximate surface area is 147 Å². The van der Waals surface area contributed by atoms with Crippen LogP contribution >= 0.6 is 0 Å². The number of H-pyrrole nitrogens is 1. The van der Waals surface area contributed by atoms with Gasteiger partial charge < -0.3 is 20.3 Å². The van der Waals surface area contributed by atoms with Crippen molar-refractivity contribution < 1.29 is 14.7 Å². The maximum absolute atomic E-state index is 12.4. The Morgan fingerprint density at radius 2 is 1.96 bits per heavy atom. The number of rotatable bonds is 7. The summed E-state index contributed by atoms with van der Waals surface area (Å²) in [6.45, 7) is 1.51. The van der Waals surface area contributed by atoms with Gasteiger partial charge in [0.05, 0.1) is 12.6 Å². The van der Waals surface area contributed by atoms with Gasteiger partial charge in [-0.05, 0) is 18.6 Å². The smallest absolute Gasteiger partial charge is 0.268 e. The lowest BCUT2D eigenvalue weighted by molar-refractivity contribution is 0.0911. The highest BCUT2D eigenvalue weighted by molar-refractivity contribution is 6.09. The second-order valence-corrected chi connectivity index (χ2v) is 6.03. The van der Waals surface area contributed by atoms with Gasteiger partial charge in [-0.3, -0.25) is 9.59 Å².